The van der Waals surface area contributed by atoms with Gasteiger partial charge in [0.25, 0.3) is 5.91 Å². The van der Waals surface area contributed by atoms with E-state index in [2.05, 4.69) is 45.5 Å². The Morgan fingerprint density at radius 3 is 2.65 bits per heavy atom. The molecule has 0 aliphatic carbocycles. The summed E-state index contributed by atoms with van der Waals surface area (Å²) in [4.78, 5) is 11.8. The molecule has 0 heterocycles. The van der Waals surface area contributed by atoms with E-state index in [0.717, 1.165) is 16.5 Å². The zero-order valence-corrected chi connectivity index (χ0v) is 12.7. The number of halogens is 1. The summed E-state index contributed by atoms with van der Waals surface area (Å²) >= 11 is 3.33. The molecule has 0 aromatic heterocycles. The van der Waals surface area contributed by atoms with Crippen LogP contribution in [-0.4, -0.2) is 12.1 Å². The minimum absolute atomic E-state index is 0.229. The summed E-state index contributed by atoms with van der Waals surface area (Å²) in [5, 5.41) is 3.96. The quantitative estimate of drug-likeness (QED) is 0.672. The molecule has 0 saturated heterocycles. The molecular formula is C16H15BrN2O. The first-order valence-electron chi connectivity index (χ1n) is 6.37. The van der Waals surface area contributed by atoms with E-state index in [4.69, 9.17) is 0 Å². The highest BCUT2D eigenvalue weighted by Gasteiger charge is 2.03. The van der Waals surface area contributed by atoms with Gasteiger partial charge in [0, 0.05) is 10.0 Å². The molecule has 0 aliphatic heterocycles. The third-order valence-corrected chi connectivity index (χ3v) is 3.35. The molecule has 0 spiro atoms. The Kier molecular flexibility index (Phi) is 5.07. The van der Waals surface area contributed by atoms with Gasteiger partial charge in [-0.25, -0.2) is 5.43 Å². The Balaban J connectivity index is 1.97. The number of nitrogens with zero attached hydrogens (tertiary/aromatic N) is 1. The monoisotopic (exact) mass is 330 g/mol. The summed E-state index contributed by atoms with van der Waals surface area (Å²) in [5.74, 6) is -0.229. The summed E-state index contributed by atoms with van der Waals surface area (Å²) in [6.45, 7) is 2.11. The fraction of sp³-hybridized carbons (Fsp3) is 0.125. The van der Waals surface area contributed by atoms with Gasteiger partial charge in [0.2, 0.25) is 0 Å². The van der Waals surface area contributed by atoms with Gasteiger partial charge in [-0.1, -0.05) is 53.2 Å². The highest BCUT2D eigenvalue weighted by Crippen LogP contribution is 2.11. The maximum absolute atomic E-state index is 11.8. The molecule has 0 unspecified atom stereocenters. The number of benzene rings is 2. The van der Waals surface area contributed by atoms with Gasteiger partial charge < -0.3 is 0 Å². The Morgan fingerprint density at radius 2 is 2.00 bits per heavy atom. The van der Waals surface area contributed by atoms with E-state index in [-0.39, 0.29) is 5.91 Å². The number of carbonyl (C=O) groups is 1. The molecule has 0 bridgehead atoms. The van der Waals surface area contributed by atoms with Crippen LogP contribution in [0.2, 0.25) is 0 Å². The number of hydrogen-bond acceptors (Lipinski definition) is 2. The number of aryl methyl sites for hydroxylation is 1. The number of hydrazone groups is 1. The molecule has 0 aliphatic rings. The zero-order chi connectivity index (χ0) is 14.4. The van der Waals surface area contributed by atoms with Crippen LogP contribution in [0.1, 0.15) is 28.4 Å². The van der Waals surface area contributed by atoms with Crippen molar-refractivity contribution in [2.45, 2.75) is 13.3 Å². The summed E-state index contributed by atoms with van der Waals surface area (Å²) in [7, 11) is 0. The van der Waals surface area contributed by atoms with Gasteiger partial charge in [-0.05, 0) is 35.7 Å². The molecule has 20 heavy (non-hydrogen) atoms. The lowest BCUT2D eigenvalue weighted by atomic mass is 10.1. The summed E-state index contributed by atoms with van der Waals surface area (Å²) in [5.41, 5.74) is 5.31. The van der Waals surface area contributed by atoms with Gasteiger partial charge in [0.05, 0.1) is 6.21 Å². The Bertz CT molecular complexity index is 621. The van der Waals surface area contributed by atoms with E-state index >= 15 is 0 Å². The van der Waals surface area contributed by atoms with Crippen molar-refractivity contribution in [2.75, 3.05) is 0 Å². The number of rotatable bonds is 4. The van der Waals surface area contributed by atoms with Crippen LogP contribution in [0.15, 0.2) is 58.1 Å². The standard InChI is InChI=1S/C16H15BrN2O/c1-2-12-6-8-13(9-7-12)11-18-19-16(20)14-4-3-5-15(17)10-14/h3-11H,2H2,1H3,(H,19,20)/b18-11+. The highest BCUT2D eigenvalue weighted by molar-refractivity contribution is 9.10. The van der Waals surface area contributed by atoms with Crippen molar-refractivity contribution in [3.63, 3.8) is 0 Å². The van der Waals surface area contributed by atoms with E-state index in [1.165, 1.54) is 5.56 Å². The van der Waals surface area contributed by atoms with Gasteiger partial charge in [-0.15, -0.1) is 0 Å². The van der Waals surface area contributed by atoms with E-state index in [0.29, 0.717) is 5.56 Å². The van der Waals surface area contributed by atoms with E-state index in [9.17, 15) is 4.79 Å². The smallest absolute Gasteiger partial charge is 0.267 e. The SMILES string of the molecule is CCc1ccc(/C=N/NC(=O)c2cccc(Br)c2)cc1. The second kappa shape index (κ2) is 7.01. The van der Waals surface area contributed by atoms with Crippen LogP contribution in [0, 0.1) is 0 Å². The first kappa shape index (κ1) is 14.5. The molecule has 1 N–H and O–H groups in total. The van der Waals surface area contributed by atoms with Crippen molar-refractivity contribution < 1.29 is 4.79 Å². The molecule has 3 nitrogen and oxygen atoms in total. The average Bonchev–Trinajstić information content (AvgIpc) is 2.48. The van der Waals surface area contributed by atoms with E-state index in [1.807, 2.05) is 24.3 Å². The fourth-order valence-corrected chi connectivity index (χ4v) is 2.10. The van der Waals surface area contributed by atoms with E-state index in [1.54, 1.807) is 18.3 Å². The summed E-state index contributed by atoms with van der Waals surface area (Å²) in [6.07, 6.45) is 2.65. The lowest BCUT2D eigenvalue weighted by molar-refractivity contribution is 0.0955. The molecule has 2 aromatic rings. The molecule has 1 amide bonds. The Labute approximate surface area is 126 Å². The molecule has 4 heteroatoms. The van der Waals surface area contributed by atoms with Crippen molar-refractivity contribution in [1.29, 1.82) is 0 Å². The maximum atomic E-state index is 11.8. The van der Waals surface area contributed by atoms with Crippen LogP contribution < -0.4 is 5.43 Å². The number of nitrogens with one attached hydrogen (secondary N) is 1. The average molecular weight is 331 g/mol. The van der Waals surface area contributed by atoms with Crippen LogP contribution in [0.5, 0.6) is 0 Å². The molecule has 102 valence electrons. The zero-order valence-electron chi connectivity index (χ0n) is 11.1. The van der Waals surface area contributed by atoms with Crippen molar-refractivity contribution in [1.82, 2.24) is 5.43 Å². The number of carbonyl (C=O) groups excluding carboxylic acids is 1. The second-order valence-corrected chi connectivity index (χ2v) is 5.22. The third kappa shape index (κ3) is 4.03. The van der Waals surface area contributed by atoms with Crippen molar-refractivity contribution in [2.24, 2.45) is 5.10 Å². The maximum Gasteiger partial charge on any atom is 0.271 e. The van der Waals surface area contributed by atoms with Gasteiger partial charge in [0.1, 0.15) is 0 Å². The second-order valence-electron chi connectivity index (χ2n) is 4.30. The predicted molar refractivity (Wildman–Crippen MR) is 85.0 cm³/mol. The first-order valence-corrected chi connectivity index (χ1v) is 7.16. The van der Waals surface area contributed by atoms with E-state index < -0.39 is 0 Å². The van der Waals surface area contributed by atoms with Gasteiger partial charge >= 0.3 is 0 Å². The number of hydrogen-bond donors (Lipinski definition) is 1. The molecule has 0 saturated carbocycles. The minimum atomic E-state index is -0.229. The van der Waals surface area contributed by atoms with Crippen LogP contribution in [-0.2, 0) is 6.42 Å². The van der Waals surface area contributed by atoms with Crippen molar-refractivity contribution >= 4 is 28.1 Å². The Morgan fingerprint density at radius 1 is 1.25 bits per heavy atom. The van der Waals surface area contributed by atoms with Crippen LogP contribution in [0.3, 0.4) is 0 Å². The third-order valence-electron chi connectivity index (χ3n) is 2.85. The van der Waals surface area contributed by atoms with Gasteiger partial charge in [-0.2, -0.15) is 5.10 Å². The Hall–Kier alpha value is -1.94. The molecule has 0 atom stereocenters. The molecule has 2 aromatic carbocycles. The first-order chi connectivity index (χ1) is 9.69. The van der Waals surface area contributed by atoms with Crippen LogP contribution in [0.4, 0.5) is 0 Å². The van der Waals surface area contributed by atoms with Crippen LogP contribution >= 0.6 is 15.9 Å². The molecular weight excluding hydrogens is 316 g/mol. The lowest BCUT2D eigenvalue weighted by Crippen LogP contribution is -2.17. The van der Waals surface area contributed by atoms with Crippen LogP contribution in [0.25, 0.3) is 0 Å². The van der Waals surface area contributed by atoms with Crippen molar-refractivity contribution in [3.05, 3.63) is 69.7 Å². The van der Waals surface area contributed by atoms with Gasteiger partial charge in [-0.3, -0.25) is 4.79 Å². The van der Waals surface area contributed by atoms with Gasteiger partial charge in [0.15, 0.2) is 0 Å². The predicted octanol–water partition coefficient (Wildman–Crippen LogP) is 3.78. The normalized spacial score (nSPS) is 10.7. The molecule has 0 fully saturated rings. The lowest BCUT2D eigenvalue weighted by Gasteiger charge is -2.00. The minimum Gasteiger partial charge on any atom is -0.267 e. The molecule has 0 radical (unpaired) electrons. The largest absolute Gasteiger partial charge is 0.271 e. The van der Waals surface area contributed by atoms with Crippen molar-refractivity contribution in [3.8, 4) is 0 Å². The summed E-state index contributed by atoms with van der Waals surface area (Å²) in [6, 6.07) is 15.2. The molecule has 2 rings (SSSR count). The number of amides is 1. The summed E-state index contributed by atoms with van der Waals surface area (Å²) < 4.78 is 0.865. The topological polar surface area (TPSA) is 41.5 Å². The fourth-order valence-electron chi connectivity index (χ4n) is 1.70. The highest BCUT2D eigenvalue weighted by atomic mass is 79.9.